The first-order chi connectivity index (χ1) is 25.5. The van der Waals surface area contributed by atoms with E-state index in [9.17, 15) is 18.4 Å². The second-order valence-electron chi connectivity index (χ2n) is 12.7. The Hall–Kier alpha value is -4.99. The van der Waals surface area contributed by atoms with Gasteiger partial charge in [0.1, 0.15) is 12.4 Å². The molecule has 1 fully saturated rings. The first-order valence-corrected chi connectivity index (χ1v) is 18.2. The lowest BCUT2D eigenvalue weighted by Gasteiger charge is -2.20. The highest BCUT2D eigenvalue weighted by Crippen LogP contribution is 2.46. The third-order valence-electron chi connectivity index (χ3n) is 8.19. The number of nitrogens with zero attached hydrogens (tertiary/aromatic N) is 3. The molecule has 4 rings (SSSR count). The Kier molecular flexibility index (Phi) is 19.6. The molecule has 1 saturated carbocycles. The van der Waals surface area contributed by atoms with E-state index in [1.54, 1.807) is 37.5 Å². The van der Waals surface area contributed by atoms with E-state index in [2.05, 4.69) is 58.5 Å². The third-order valence-corrected chi connectivity index (χ3v) is 8.19. The Labute approximate surface area is 313 Å². The number of rotatable bonds is 15. The van der Waals surface area contributed by atoms with Crippen LogP contribution in [0.25, 0.3) is 5.57 Å². The van der Waals surface area contributed by atoms with Crippen molar-refractivity contribution in [3.63, 3.8) is 0 Å². The average Bonchev–Trinajstić information content (AvgIpc) is 3.95. The number of amides is 2. The summed E-state index contributed by atoms with van der Waals surface area (Å²) in [5, 5.41) is 17.5. The highest BCUT2D eigenvalue weighted by Gasteiger charge is 2.46. The summed E-state index contributed by atoms with van der Waals surface area (Å²) in [5.41, 5.74) is 8.84. The van der Waals surface area contributed by atoms with Gasteiger partial charge in [-0.3, -0.25) is 14.6 Å². The summed E-state index contributed by atoms with van der Waals surface area (Å²) in [7, 11) is 1.80. The van der Waals surface area contributed by atoms with Gasteiger partial charge in [-0.15, -0.1) is 0 Å². The highest BCUT2D eigenvalue weighted by molar-refractivity contribution is 6.09. The number of nitrogens with one attached hydrogen (secondary N) is 3. The van der Waals surface area contributed by atoms with Gasteiger partial charge in [0.2, 0.25) is 5.91 Å². The molecule has 53 heavy (non-hydrogen) atoms. The van der Waals surface area contributed by atoms with E-state index in [0.29, 0.717) is 58.7 Å². The molecule has 2 amide bonds. The van der Waals surface area contributed by atoms with Crippen molar-refractivity contribution in [1.82, 2.24) is 25.9 Å². The molecule has 0 radical (unpaired) electrons. The summed E-state index contributed by atoms with van der Waals surface area (Å²) in [4.78, 5) is 36.3. The number of hydrogen-bond acceptors (Lipinski definition) is 8. The van der Waals surface area contributed by atoms with E-state index < -0.39 is 29.9 Å². The molecular formula is C41H55F2N7O3. The average molecular weight is 732 g/mol. The lowest BCUT2D eigenvalue weighted by molar-refractivity contribution is -0.123. The van der Waals surface area contributed by atoms with Crippen LogP contribution in [0.4, 0.5) is 8.78 Å². The molecule has 286 valence electrons. The zero-order chi connectivity index (χ0) is 39.2. The van der Waals surface area contributed by atoms with Crippen molar-refractivity contribution in [1.29, 1.82) is 0 Å². The van der Waals surface area contributed by atoms with Crippen molar-refractivity contribution in [3.8, 4) is 11.8 Å². The molecule has 1 heterocycles. The second-order valence-corrected chi connectivity index (χ2v) is 12.7. The molecule has 1 aliphatic carbocycles. The summed E-state index contributed by atoms with van der Waals surface area (Å²) < 4.78 is 27.1. The number of halogens is 2. The van der Waals surface area contributed by atoms with Gasteiger partial charge in [-0.05, 0) is 86.0 Å². The van der Waals surface area contributed by atoms with Gasteiger partial charge in [-0.25, -0.2) is 14.4 Å². The maximum absolute atomic E-state index is 14.9. The van der Waals surface area contributed by atoms with Crippen molar-refractivity contribution in [2.24, 2.45) is 16.6 Å². The summed E-state index contributed by atoms with van der Waals surface area (Å²) in [5.74, 6) is 4.94. The van der Waals surface area contributed by atoms with Crippen LogP contribution in [0.2, 0.25) is 0 Å². The SMILES string of the molecule is CC.CCCC(CCC(C)C)N=C/C(=C\N)c1cc(F)cc(C2(NC(=O)c3ccccc3CNC(=O)CO)CC2)c1.CNCC#Cc1cnc(F)nc1. The normalized spacial score (nSPS) is 13.4. The van der Waals surface area contributed by atoms with E-state index in [0.717, 1.165) is 25.7 Å². The quantitative estimate of drug-likeness (QED) is 0.0726. The zero-order valence-corrected chi connectivity index (χ0v) is 31.8. The van der Waals surface area contributed by atoms with Gasteiger partial charge >= 0.3 is 6.08 Å². The van der Waals surface area contributed by atoms with Crippen LogP contribution in [0.3, 0.4) is 0 Å². The highest BCUT2D eigenvalue weighted by atomic mass is 19.1. The van der Waals surface area contributed by atoms with E-state index in [4.69, 9.17) is 15.8 Å². The van der Waals surface area contributed by atoms with Gasteiger partial charge in [-0.1, -0.05) is 71.1 Å². The fraction of sp³-hybridized carbons (Fsp3) is 0.439. The van der Waals surface area contributed by atoms with Crippen molar-refractivity contribution in [2.75, 3.05) is 20.2 Å². The standard InChI is InChI=1S/C31H41FN4O3.C8H8FN3.C2H6/c1-4-7-27(11-10-21(2)3)34-19-24(17-33)23-14-25(16-26(32)15-23)31(12-13-31)36-30(39)28-9-6-5-8-22(28)18-35-29(38)20-37;1-10-4-2-3-7-5-11-8(9)12-6-7;1-2/h5-6,8-9,14-17,19,21,27,37H,4,7,10-13,18,20,33H2,1-3H3,(H,35,38)(H,36,39);5-6,10H,4H2,1H3;1-2H3/b24-17+,34-19?;;. The Morgan fingerprint density at radius 1 is 1.08 bits per heavy atom. The van der Waals surface area contributed by atoms with Crippen LogP contribution < -0.4 is 21.7 Å². The molecule has 1 unspecified atom stereocenters. The monoisotopic (exact) mass is 731 g/mol. The number of aliphatic imine (C=N–C) groups is 1. The minimum Gasteiger partial charge on any atom is -0.404 e. The van der Waals surface area contributed by atoms with Crippen molar-refractivity contribution in [2.45, 2.75) is 91.3 Å². The molecule has 3 aromatic rings. The second kappa shape index (κ2) is 23.5. The van der Waals surface area contributed by atoms with Crippen LogP contribution in [0.15, 0.2) is 66.1 Å². The van der Waals surface area contributed by atoms with E-state index in [1.807, 2.05) is 19.9 Å². The molecule has 0 bridgehead atoms. The van der Waals surface area contributed by atoms with Crippen molar-refractivity contribution >= 4 is 23.6 Å². The molecule has 12 heteroatoms. The largest absolute Gasteiger partial charge is 0.404 e. The van der Waals surface area contributed by atoms with Crippen molar-refractivity contribution in [3.05, 3.63) is 101 Å². The molecular weight excluding hydrogens is 676 g/mol. The maximum atomic E-state index is 14.9. The minimum absolute atomic E-state index is 0.111. The number of carbonyl (C=O) groups excluding carboxylic acids is 2. The number of carbonyl (C=O) groups is 2. The lowest BCUT2D eigenvalue weighted by Crippen LogP contribution is -2.36. The fourth-order valence-electron chi connectivity index (χ4n) is 5.24. The van der Waals surface area contributed by atoms with E-state index >= 15 is 0 Å². The third kappa shape index (κ3) is 15.3. The van der Waals surface area contributed by atoms with Crippen molar-refractivity contribution < 1.29 is 23.5 Å². The Balaban J connectivity index is 0.000000583. The topological polar surface area (TPSA) is 155 Å². The van der Waals surface area contributed by atoms with Gasteiger partial charge in [0.25, 0.3) is 5.91 Å². The number of benzene rings is 2. The summed E-state index contributed by atoms with van der Waals surface area (Å²) in [6.45, 7) is 10.6. The van der Waals surface area contributed by atoms with Gasteiger partial charge in [0.15, 0.2) is 0 Å². The van der Waals surface area contributed by atoms with Crippen LogP contribution >= 0.6 is 0 Å². The zero-order valence-electron chi connectivity index (χ0n) is 31.8. The number of aliphatic hydroxyl groups excluding tert-OH is 1. The lowest BCUT2D eigenvalue weighted by atomic mass is 9.97. The number of aromatic nitrogens is 2. The first kappa shape index (κ1) is 44.2. The Morgan fingerprint density at radius 2 is 1.77 bits per heavy atom. The number of aliphatic hydroxyl groups is 1. The van der Waals surface area contributed by atoms with Crippen LogP contribution in [0.1, 0.15) is 106 Å². The van der Waals surface area contributed by atoms with Gasteiger partial charge < -0.3 is 26.8 Å². The molecule has 0 aliphatic heterocycles. The van der Waals surface area contributed by atoms with Gasteiger partial charge in [-0.2, -0.15) is 4.39 Å². The Morgan fingerprint density at radius 3 is 2.38 bits per heavy atom. The maximum Gasteiger partial charge on any atom is 0.308 e. The fourth-order valence-corrected chi connectivity index (χ4v) is 5.24. The number of allylic oxidation sites excluding steroid dienone is 1. The molecule has 0 spiro atoms. The molecule has 10 nitrogen and oxygen atoms in total. The summed E-state index contributed by atoms with van der Waals surface area (Å²) in [6.07, 6.45) is 10.6. The Bertz CT molecular complexity index is 1710. The molecule has 2 aromatic carbocycles. The number of hydrogen-bond donors (Lipinski definition) is 5. The predicted octanol–water partition coefficient (Wildman–Crippen LogP) is 6.04. The van der Waals surface area contributed by atoms with Crippen LogP contribution in [0, 0.1) is 29.7 Å². The molecule has 1 atom stereocenters. The molecule has 6 N–H and O–H groups in total. The van der Waals surface area contributed by atoms with Crippen LogP contribution in [-0.4, -0.2) is 59.3 Å². The summed E-state index contributed by atoms with van der Waals surface area (Å²) in [6, 6.07) is 11.9. The predicted molar refractivity (Wildman–Crippen MR) is 208 cm³/mol. The minimum atomic E-state index is -0.728. The molecule has 1 aromatic heterocycles. The van der Waals surface area contributed by atoms with E-state index in [-0.39, 0.29) is 18.5 Å². The first-order valence-electron chi connectivity index (χ1n) is 18.2. The van der Waals surface area contributed by atoms with Gasteiger partial charge in [0.05, 0.1) is 17.6 Å². The summed E-state index contributed by atoms with van der Waals surface area (Å²) >= 11 is 0. The smallest absolute Gasteiger partial charge is 0.308 e. The van der Waals surface area contributed by atoms with Crippen LogP contribution in [0.5, 0.6) is 0 Å². The molecule has 1 aliphatic rings. The van der Waals surface area contributed by atoms with Gasteiger partial charge in [0, 0.05) is 48.5 Å². The molecule has 0 saturated heterocycles. The van der Waals surface area contributed by atoms with E-state index in [1.165, 1.54) is 30.7 Å². The van der Waals surface area contributed by atoms with Crippen LogP contribution in [-0.2, 0) is 16.9 Å². The number of nitrogens with two attached hydrogens (primary N) is 1.